The third-order valence-electron chi connectivity index (χ3n) is 5.87. The summed E-state index contributed by atoms with van der Waals surface area (Å²) in [4.78, 5) is 40.5. The van der Waals surface area contributed by atoms with Crippen molar-refractivity contribution in [3.05, 3.63) is 29.3 Å². The van der Waals surface area contributed by atoms with Crippen LogP contribution in [-0.4, -0.2) is 42.4 Å². The minimum absolute atomic E-state index is 0.157. The van der Waals surface area contributed by atoms with Crippen LogP contribution in [0.5, 0.6) is 0 Å². The normalized spacial score (nSPS) is 28.1. The average molecular weight is 381 g/mol. The maximum Gasteiger partial charge on any atom is 0.416 e. The number of benzene rings is 1. The molecule has 2 saturated heterocycles. The van der Waals surface area contributed by atoms with Gasteiger partial charge in [-0.15, -0.1) is 0 Å². The van der Waals surface area contributed by atoms with Gasteiger partial charge in [0, 0.05) is 19.3 Å². The Balaban J connectivity index is 1.89. The zero-order valence-electron chi connectivity index (χ0n) is 14.6. The number of carbonyl (C=O) groups is 3. The van der Waals surface area contributed by atoms with E-state index in [1.165, 1.54) is 13.1 Å². The van der Waals surface area contributed by atoms with Crippen molar-refractivity contribution in [2.24, 2.45) is 5.41 Å². The van der Waals surface area contributed by atoms with E-state index in [2.05, 4.69) is 5.32 Å². The van der Waals surface area contributed by atoms with E-state index >= 15 is 0 Å². The van der Waals surface area contributed by atoms with Crippen molar-refractivity contribution in [1.82, 2.24) is 10.2 Å². The Morgan fingerprint density at radius 2 is 1.93 bits per heavy atom. The Morgan fingerprint density at radius 1 is 1.19 bits per heavy atom. The minimum atomic E-state index is -4.52. The van der Waals surface area contributed by atoms with Crippen molar-refractivity contribution in [2.75, 3.05) is 18.5 Å². The monoisotopic (exact) mass is 381 g/mol. The Kier molecular flexibility index (Phi) is 3.77. The zero-order valence-corrected chi connectivity index (χ0v) is 14.6. The van der Waals surface area contributed by atoms with Gasteiger partial charge in [0.15, 0.2) is 5.41 Å². The molecule has 1 aromatic rings. The fourth-order valence-electron chi connectivity index (χ4n) is 4.56. The molecule has 1 aromatic carbocycles. The van der Waals surface area contributed by atoms with Gasteiger partial charge in [-0.3, -0.25) is 19.8 Å². The van der Waals surface area contributed by atoms with Gasteiger partial charge in [0.25, 0.3) is 0 Å². The molecule has 6 nitrogen and oxygen atoms in total. The number of rotatable bonds is 0. The number of nitrogens with zero attached hydrogens (tertiary/aromatic N) is 2. The van der Waals surface area contributed by atoms with Gasteiger partial charge < -0.3 is 4.90 Å². The number of imide groups is 2. The lowest BCUT2D eigenvalue weighted by atomic mass is 9.66. The third-order valence-corrected chi connectivity index (χ3v) is 5.87. The molecule has 0 aliphatic carbocycles. The molecule has 0 aromatic heterocycles. The van der Waals surface area contributed by atoms with E-state index in [4.69, 9.17) is 0 Å². The topological polar surface area (TPSA) is 69.7 Å². The van der Waals surface area contributed by atoms with Gasteiger partial charge in [0.1, 0.15) is 0 Å². The molecule has 0 radical (unpaired) electrons. The van der Waals surface area contributed by atoms with Crippen LogP contribution in [0.4, 0.5) is 23.7 Å². The number of hydrogen-bond acceptors (Lipinski definition) is 4. The summed E-state index contributed by atoms with van der Waals surface area (Å²) in [5.41, 5.74) is -1.49. The Bertz CT molecular complexity index is 854. The van der Waals surface area contributed by atoms with E-state index in [0.29, 0.717) is 24.2 Å². The number of nitrogens with one attached hydrogen (secondary N) is 1. The summed E-state index contributed by atoms with van der Waals surface area (Å²) >= 11 is 0. The summed E-state index contributed by atoms with van der Waals surface area (Å²) in [6, 6.07) is 2.16. The second-order valence-electron chi connectivity index (χ2n) is 7.32. The maximum atomic E-state index is 13.2. The van der Waals surface area contributed by atoms with Crippen LogP contribution in [0.2, 0.25) is 0 Å². The SMILES string of the molecule is CN1C(=O)NC(=O)[C@@]2(Cc3cc(C(F)(F)F)ccc3N3CCCC[C@@H]32)C1=O. The number of barbiturate groups is 1. The van der Waals surface area contributed by atoms with E-state index in [9.17, 15) is 27.6 Å². The lowest BCUT2D eigenvalue weighted by molar-refractivity contribution is -0.153. The van der Waals surface area contributed by atoms with Crippen molar-refractivity contribution in [3.63, 3.8) is 0 Å². The highest BCUT2D eigenvalue weighted by molar-refractivity contribution is 6.20. The maximum absolute atomic E-state index is 13.2. The molecule has 2 atom stereocenters. The van der Waals surface area contributed by atoms with Gasteiger partial charge >= 0.3 is 12.2 Å². The molecule has 4 rings (SSSR count). The minimum Gasteiger partial charge on any atom is -0.367 e. The van der Waals surface area contributed by atoms with Crippen molar-refractivity contribution in [1.29, 1.82) is 0 Å². The number of fused-ring (bicyclic) bond motifs is 4. The predicted octanol–water partition coefficient (Wildman–Crippen LogP) is 2.32. The molecule has 3 aliphatic heterocycles. The molecule has 9 heteroatoms. The smallest absolute Gasteiger partial charge is 0.367 e. The van der Waals surface area contributed by atoms with E-state index in [-0.39, 0.29) is 6.42 Å². The number of amides is 4. The molecule has 0 bridgehead atoms. The summed E-state index contributed by atoms with van der Waals surface area (Å²) in [6.45, 7) is 0.545. The summed E-state index contributed by atoms with van der Waals surface area (Å²) in [6.07, 6.45) is -2.50. The number of urea groups is 1. The first-order valence-electron chi connectivity index (χ1n) is 8.76. The largest absolute Gasteiger partial charge is 0.416 e. The van der Waals surface area contributed by atoms with E-state index in [0.717, 1.165) is 29.9 Å². The van der Waals surface area contributed by atoms with Gasteiger partial charge in [-0.2, -0.15) is 13.2 Å². The molecule has 1 N–H and O–H groups in total. The Labute approximate surface area is 153 Å². The van der Waals surface area contributed by atoms with Crippen LogP contribution >= 0.6 is 0 Å². The van der Waals surface area contributed by atoms with Gasteiger partial charge in [-0.1, -0.05) is 0 Å². The van der Waals surface area contributed by atoms with E-state index < -0.39 is 41.0 Å². The van der Waals surface area contributed by atoms with Crippen molar-refractivity contribution < 1.29 is 27.6 Å². The highest BCUT2D eigenvalue weighted by Gasteiger charge is 2.61. The van der Waals surface area contributed by atoms with Crippen LogP contribution in [0.1, 0.15) is 30.4 Å². The van der Waals surface area contributed by atoms with Crippen molar-refractivity contribution >= 4 is 23.5 Å². The highest BCUT2D eigenvalue weighted by atomic mass is 19.4. The number of carbonyl (C=O) groups excluding carboxylic acids is 3. The van der Waals surface area contributed by atoms with Gasteiger partial charge in [-0.05, 0) is 49.4 Å². The molecule has 2 fully saturated rings. The summed E-state index contributed by atoms with van der Waals surface area (Å²) < 4.78 is 39.5. The summed E-state index contributed by atoms with van der Waals surface area (Å²) in [5, 5.41) is 2.21. The van der Waals surface area contributed by atoms with E-state index in [1.54, 1.807) is 0 Å². The summed E-state index contributed by atoms with van der Waals surface area (Å²) in [5.74, 6) is -1.38. The van der Waals surface area contributed by atoms with Gasteiger partial charge in [0.2, 0.25) is 11.8 Å². The standard InChI is InChI=1S/C18H18F3N3O3/c1-23-15(26)17(14(25)22-16(23)27)9-10-8-11(18(19,20)21)5-6-12(10)24-7-3-2-4-13(17)24/h5-6,8,13H,2-4,7,9H2,1H3,(H,22,25,27)/t13-,17+/m1/s1. The van der Waals surface area contributed by atoms with Gasteiger partial charge in [0.05, 0.1) is 11.6 Å². The van der Waals surface area contributed by atoms with Crippen LogP contribution in [0.3, 0.4) is 0 Å². The molecular formula is C18H18F3N3O3. The molecule has 0 unspecified atom stereocenters. The zero-order chi connectivity index (χ0) is 19.6. The first kappa shape index (κ1) is 17.8. The first-order chi connectivity index (χ1) is 12.7. The molecule has 144 valence electrons. The number of hydrogen-bond donors (Lipinski definition) is 1. The van der Waals surface area contributed by atoms with Crippen molar-refractivity contribution in [3.8, 4) is 0 Å². The Hall–Kier alpha value is -2.58. The molecule has 4 amide bonds. The van der Waals surface area contributed by atoms with Crippen LogP contribution < -0.4 is 10.2 Å². The molecule has 3 aliphatic rings. The predicted molar refractivity (Wildman–Crippen MR) is 88.9 cm³/mol. The average Bonchev–Trinajstić information content (AvgIpc) is 2.63. The quantitative estimate of drug-likeness (QED) is 0.701. The lowest BCUT2D eigenvalue weighted by Crippen LogP contribution is -2.72. The van der Waals surface area contributed by atoms with Crippen LogP contribution in [0.25, 0.3) is 0 Å². The number of anilines is 1. The number of halogens is 3. The number of alkyl halides is 3. The van der Waals surface area contributed by atoms with Crippen molar-refractivity contribution in [2.45, 2.75) is 37.9 Å². The molecular weight excluding hydrogens is 363 g/mol. The van der Waals surface area contributed by atoms with Crippen LogP contribution in [-0.2, 0) is 22.2 Å². The molecule has 27 heavy (non-hydrogen) atoms. The van der Waals surface area contributed by atoms with E-state index in [1.807, 2.05) is 4.90 Å². The van der Waals surface area contributed by atoms with Gasteiger partial charge in [-0.25, -0.2) is 4.79 Å². The highest BCUT2D eigenvalue weighted by Crippen LogP contribution is 2.48. The second kappa shape index (κ2) is 5.71. The fourth-order valence-corrected chi connectivity index (χ4v) is 4.56. The van der Waals surface area contributed by atoms with Crippen LogP contribution in [0.15, 0.2) is 18.2 Å². The molecule has 1 spiro atoms. The van der Waals surface area contributed by atoms with Crippen LogP contribution in [0, 0.1) is 5.41 Å². The summed E-state index contributed by atoms with van der Waals surface area (Å²) in [7, 11) is 1.28. The lowest BCUT2D eigenvalue weighted by Gasteiger charge is -2.53. The molecule has 3 heterocycles. The first-order valence-corrected chi connectivity index (χ1v) is 8.76. The Morgan fingerprint density at radius 3 is 2.63 bits per heavy atom. The second-order valence-corrected chi connectivity index (χ2v) is 7.32. The third kappa shape index (κ3) is 2.44. The number of piperidine rings is 1. The molecule has 0 saturated carbocycles. The fraction of sp³-hybridized carbons (Fsp3) is 0.500.